The molecule has 0 aliphatic heterocycles. The molecule has 0 aromatic carbocycles. The molecule has 3 fully saturated rings. The van der Waals surface area contributed by atoms with E-state index in [1.165, 1.54) is 89.9 Å². The summed E-state index contributed by atoms with van der Waals surface area (Å²) in [4.78, 5) is 12.5. The number of alkyl halides is 1. The molecule has 0 radical (unpaired) electrons. The second-order valence-electron chi connectivity index (χ2n) is 12.8. The smallest absolute Gasteiger partial charge is 0.207 e. The van der Waals surface area contributed by atoms with E-state index in [-0.39, 0.29) is 10.5 Å². The standard InChI is InChI=1S/C31H51ClOS/c1-5-7-8-9-10-11-12-22-14-16-26-25-15-13-23-21-24(34-29(33)28(32)6-2)17-19-31(23,4)27(25)18-20-30(22,26)3/h13,22,24-28H,5-12,14-21H2,1-4H3/t22-,24-,25-,26-,27-,28+,30+,31-/m0/s1. The number of halogens is 1. The summed E-state index contributed by atoms with van der Waals surface area (Å²) in [5, 5.41) is 0.326. The number of allylic oxidation sites excluding steroid dienone is 2. The molecule has 8 atom stereocenters. The van der Waals surface area contributed by atoms with Crippen molar-refractivity contribution in [3.8, 4) is 0 Å². The van der Waals surface area contributed by atoms with Crippen molar-refractivity contribution < 1.29 is 4.79 Å². The summed E-state index contributed by atoms with van der Waals surface area (Å²) in [5.74, 6) is 3.70. The van der Waals surface area contributed by atoms with Crippen LogP contribution in [0.3, 0.4) is 0 Å². The van der Waals surface area contributed by atoms with E-state index < -0.39 is 0 Å². The van der Waals surface area contributed by atoms with E-state index in [1.54, 1.807) is 17.3 Å². The zero-order valence-electron chi connectivity index (χ0n) is 22.5. The molecule has 194 valence electrons. The van der Waals surface area contributed by atoms with Gasteiger partial charge in [0.1, 0.15) is 5.38 Å². The van der Waals surface area contributed by atoms with Crippen molar-refractivity contribution in [3.63, 3.8) is 0 Å². The van der Waals surface area contributed by atoms with E-state index in [1.807, 2.05) is 6.92 Å². The van der Waals surface area contributed by atoms with E-state index in [0.717, 1.165) is 36.5 Å². The molecule has 0 saturated heterocycles. The minimum Gasteiger partial charge on any atom is -0.286 e. The van der Waals surface area contributed by atoms with Crippen LogP contribution >= 0.6 is 23.4 Å². The minimum atomic E-state index is -0.314. The highest BCUT2D eigenvalue weighted by Gasteiger charge is 2.58. The Balaban J connectivity index is 1.37. The molecule has 3 saturated carbocycles. The van der Waals surface area contributed by atoms with Gasteiger partial charge < -0.3 is 0 Å². The molecule has 4 rings (SSSR count). The predicted octanol–water partition coefficient (Wildman–Crippen LogP) is 9.96. The lowest BCUT2D eigenvalue weighted by atomic mass is 9.47. The molecule has 0 spiro atoms. The third-order valence-electron chi connectivity index (χ3n) is 11.1. The zero-order valence-corrected chi connectivity index (χ0v) is 24.1. The number of unbranched alkanes of at least 4 members (excludes halogenated alkanes) is 5. The lowest BCUT2D eigenvalue weighted by Gasteiger charge is -2.58. The Bertz CT molecular complexity index is 733. The van der Waals surface area contributed by atoms with E-state index in [9.17, 15) is 4.79 Å². The highest BCUT2D eigenvalue weighted by molar-refractivity contribution is 8.14. The van der Waals surface area contributed by atoms with Gasteiger partial charge in [0.15, 0.2) is 0 Å². The van der Waals surface area contributed by atoms with Crippen molar-refractivity contribution in [2.45, 2.75) is 141 Å². The summed E-state index contributed by atoms with van der Waals surface area (Å²) in [5.41, 5.74) is 2.67. The first-order chi connectivity index (χ1) is 16.3. The summed E-state index contributed by atoms with van der Waals surface area (Å²) >= 11 is 7.80. The highest BCUT2D eigenvalue weighted by atomic mass is 35.5. The molecule has 0 unspecified atom stereocenters. The first-order valence-electron chi connectivity index (χ1n) is 14.9. The van der Waals surface area contributed by atoms with Gasteiger partial charge in [0.2, 0.25) is 5.12 Å². The normalized spacial score (nSPS) is 40.1. The lowest BCUT2D eigenvalue weighted by molar-refractivity contribution is -0.110. The minimum absolute atomic E-state index is 0.197. The Labute approximate surface area is 220 Å². The monoisotopic (exact) mass is 506 g/mol. The number of hydrogen-bond donors (Lipinski definition) is 0. The van der Waals surface area contributed by atoms with Crippen LogP contribution in [-0.4, -0.2) is 15.7 Å². The number of thioether (sulfide) groups is 1. The van der Waals surface area contributed by atoms with Gasteiger partial charge in [0, 0.05) is 5.25 Å². The van der Waals surface area contributed by atoms with Gasteiger partial charge in [-0.1, -0.05) is 89.6 Å². The molecule has 4 aliphatic rings. The molecule has 0 bridgehead atoms. The van der Waals surface area contributed by atoms with E-state index in [2.05, 4.69) is 26.8 Å². The number of carbonyl (C=O) groups is 1. The first-order valence-corrected chi connectivity index (χ1v) is 16.2. The Hall–Kier alpha value is 0.0500. The van der Waals surface area contributed by atoms with Gasteiger partial charge >= 0.3 is 0 Å². The van der Waals surface area contributed by atoms with Gasteiger partial charge in [-0.15, -0.1) is 11.6 Å². The van der Waals surface area contributed by atoms with Gasteiger partial charge in [-0.2, -0.15) is 0 Å². The molecule has 0 aromatic heterocycles. The topological polar surface area (TPSA) is 17.1 Å². The van der Waals surface area contributed by atoms with Crippen molar-refractivity contribution in [3.05, 3.63) is 11.6 Å². The fraction of sp³-hybridized carbons (Fsp3) is 0.903. The number of rotatable bonds is 10. The van der Waals surface area contributed by atoms with Gasteiger partial charge in [-0.05, 0) is 98.7 Å². The fourth-order valence-corrected chi connectivity index (χ4v) is 10.2. The Kier molecular flexibility index (Phi) is 9.26. The number of hydrogen-bond acceptors (Lipinski definition) is 2. The van der Waals surface area contributed by atoms with E-state index in [4.69, 9.17) is 11.6 Å². The van der Waals surface area contributed by atoms with Gasteiger partial charge in [0.05, 0.1) is 0 Å². The molecule has 0 aromatic rings. The third-order valence-corrected chi connectivity index (χ3v) is 12.9. The molecular formula is C31H51ClOS. The predicted molar refractivity (Wildman–Crippen MR) is 150 cm³/mol. The van der Waals surface area contributed by atoms with Crippen molar-refractivity contribution in [2.24, 2.45) is 34.5 Å². The molecule has 0 amide bonds. The van der Waals surface area contributed by atoms with Gasteiger partial charge in [-0.25, -0.2) is 0 Å². The molecule has 1 nitrogen and oxygen atoms in total. The quantitative estimate of drug-likeness (QED) is 0.166. The molecular weight excluding hydrogens is 456 g/mol. The Morgan fingerprint density at radius 2 is 1.79 bits per heavy atom. The molecule has 4 aliphatic carbocycles. The van der Waals surface area contributed by atoms with Gasteiger partial charge in [0.25, 0.3) is 0 Å². The number of carbonyl (C=O) groups excluding carboxylic acids is 1. The van der Waals surface area contributed by atoms with Crippen molar-refractivity contribution in [2.75, 3.05) is 0 Å². The maximum Gasteiger partial charge on any atom is 0.207 e. The zero-order chi connectivity index (χ0) is 24.3. The number of fused-ring (bicyclic) bond motifs is 5. The van der Waals surface area contributed by atoms with Crippen LogP contribution in [0.15, 0.2) is 11.6 Å². The van der Waals surface area contributed by atoms with Gasteiger partial charge in [-0.3, -0.25) is 4.79 Å². The second-order valence-corrected chi connectivity index (χ2v) is 14.6. The van der Waals surface area contributed by atoms with Crippen molar-refractivity contribution >= 4 is 28.5 Å². The van der Waals surface area contributed by atoms with Crippen LogP contribution in [0.2, 0.25) is 0 Å². The summed E-state index contributed by atoms with van der Waals surface area (Å²) in [6.45, 7) is 9.62. The van der Waals surface area contributed by atoms with E-state index >= 15 is 0 Å². The summed E-state index contributed by atoms with van der Waals surface area (Å²) in [6, 6.07) is 0. The van der Waals surface area contributed by atoms with Crippen LogP contribution in [0.4, 0.5) is 0 Å². The highest BCUT2D eigenvalue weighted by Crippen LogP contribution is 2.67. The van der Waals surface area contributed by atoms with Crippen LogP contribution < -0.4 is 0 Å². The largest absolute Gasteiger partial charge is 0.286 e. The van der Waals surface area contributed by atoms with Crippen LogP contribution in [-0.2, 0) is 4.79 Å². The van der Waals surface area contributed by atoms with E-state index in [0.29, 0.717) is 16.1 Å². The molecule has 34 heavy (non-hydrogen) atoms. The summed E-state index contributed by atoms with van der Waals surface area (Å²) in [6.07, 6.45) is 24.2. The maximum absolute atomic E-state index is 12.5. The molecule has 0 N–H and O–H groups in total. The molecule has 3 heteroatoms. The lowest BCUT2D eigenvalue weighted by Crippen LogP contribution is -2.50. The SMILES string of the molecule is CCCCCCCC[C@H]1CC[C@H]2[C@@H]3CC=C4C[C@@H](SC(=O)[C@H](Cl)CC)CC[C@]4(C)[C@H]3CC[C@]12C. The average molecular weight is 507 g/mol. The fourth-order valence-electron chi connectivity index (χ4n) is 8.89. The van der Waals surface area contributed by atoms with Crippen LogP contribution in [0.25, 0.3) is 0 Å². The Morgan fingerprint density at radius 3 is 2.56 bits per heavy atom. The maximum atomic E-state index is 12.5. The van der Waals surface area contributed by atoms with Crippen LogP contribution in [0.1, 0.15) is 130 Å². The van der Waals surface area contributed by atoms with Crippen molar-refractivity contribution in [1.29, 1.82) is 0 Å². The van der Waals surface area contributed by atoms with Crippen LogP contribution in [0, 0.1) is 34.5 Å². The summed E-state index contributed by atoms with van der Waals surface area (Å²) < 4.78 is 0. The van der Waals surface area contributed by atoms with Crippen molar-refractivity contribution in [1.82, 2.24) is 0 Å². The Morgan fingerprint density at radius 1 is 1.03 bits per heavy atom. The first kappa shape index (κ1) is 27.1. The molecule has 0 heterocycles. The van der Waals surface area contributed by atoms with Crippen LogP contribution in [0.5, 0.6) is 0 Å². The average Bonchev–Trinajstić information content (AvgIpc) is 3.17. The second kappa shape index (κ2) is 11.6. The summed E-state index contributed by atoms with van der Waals surface area (Å²) in [7, 11) is 0. The third kappa shape index (κ3) is 5.34.